The standard InChI is InChI=1S/C13H18BrNO2S/c1-10(12-4-5-12)9-15-18(16,17)13-6-2-11(8-14)3-7-13/h2-3,6-7,10,12,15H,4-5,8-9H2,1H3. The molecule has 1 atom stereocenters. The Kier molecular flexibility index (Phi) is 4.45. The summed E-state index contributed by atoms with van der Waals surface area (Å²) in [5.74, 6) is 1.14. The summed E-state index contributed by atoms with van der Waals surface area (Å²) in [6, 6.07) is 6.96. The molecule has 0 aromatic heterocycles. The van der Waals surface area contributed by atoms with E-state index in [-0.39, 0.29) is 0 Å². The molecule has 0 spiro atoms. The van der Waals surface area contributed by atoms with E-state index in [4.69, 9.17) is 0 Å². The number of hydrogen-bond donors (Lipinski definition) is 1. The van der Waals surface area contributed by atoms with Gasteiger partial charge in [-0.25, -0.2) is 13.1 Å². The zero-order valence-electron chi connectivity index (χ0n) is 10.4. The molecule has 1 aliphatic carbocycles. The van der Waals surface area contributed by atoms with E-state index in [2.05, 4.69) is 27.6 Å². The molecule has 0 saturated heterocycles. The average molecular weight is 332 g/mol. The zero-order chi connectivity index (χ0) is 13.2. The number of nitrogens with one attached hydrogen (secondary N) is 1. The molecule has 0 radical (unpaired) electrons. The maximum atomic E-state index is 12.1. The molecule has 1 aliphatic rings. The van der Waals surface area contributed by atoms with Gasteiger partial charge in [-0.2, -0.15) is 0 Å². The van der Waals surface area contributed by atoms with Gasteiger partial charge in [0.25, 0.3) is 0 Å². The van der Waals surface area contributed by atoms with Gasteiger partial charge >= 0.3 is 0 Å². The summed E-state index contributed by atoms with van der Waals surface area (Å²) < 4.78 is 26.8. The molecule has 5 heteroatoms. The lowest BCUT2D eigenvalue weighted by atomic mass is 10.1. The molecule has 0 amide bonds. The zero-order valence-corrected chi connectivity index (χ0v) is 12.8. The lowest BCUT2D eigenvalue weighted by molar-refractivity contribution is 0.492. The van der Waals surface area contributed by atoms with Crippen LogP contribution in [0.25, 0.3) is 0 Å². The number of benzene rings is 1. The molecule has 1 aromatic carbocycles. The summed E-state index contributed by atoms with van der Waals surface area (Å²) in [5.41, 5.74) is 1.07. The van der Waals surface area contributed by atoms with E-state index >= 15 is 0 Å². The van der Waals surface area contributed by atoms with Crippen molar-refractivity contribution in [1.82, 2.24) is 4.72 Å². The van der Waals surface area contributed by atoms with E-state index in [1.807, 2.05) is 12.1 Å². The Labute approximate surface area is 117 Å². The fraction of sp³-hybridized carbons (Fsp3) is 0.538. The highest BCUT2D eigenvalue weighted by atomic mass is 79.9. The number of alkyl halides is 1. The molecule has 1 N–H and O–H groups in total. The first-order chi connectivity index (χ1) is 8.53. The third-order valence-electron chi connectivity index (χ3n) is 3.41. The average Bonchev–Trinajstić information content (AvgIpc) is 3.20. The summed E-state index contributed by atoms with van der Waals surface area (Å²) in [6.45, 7) is 2.64. The molecule has 100 valence electrons. The lowest BCUT2D eigenvalue weighted by Gasteiger charge is -2.12. The van der Waals surface area contributed by atoms with Gasteiger partial charge < -0.3 is 0 Å². The highest BCUT2D eigenvalue weighted by molar-refractivity contribution is 9.08. The van der Waals surface area contributed by atoms with Crippen molar-refractivity contribution >= 4 is 26.0 Å². The van der Waals surface area contributed by atoms with Crippen LogP contribution in [0.15, 0.2) is 29.2 Å². The minimum absolute atomic E-state index is 0.343. The van der Waals surface area contributed by atoms with Gasteiger partial charge in [0.1, 0.15) is 0 Å². The number of hydrogen-bond acceptors (Lipinski definition) is 2. The smallest absolute Gasteiger partial charge is 0.211 e. The Morgan fingerprint density at radius 1 is 1.33 bits per heavy atom. The van der Waals surface area contributed by atoms with Crippen molar-refractivity contribution in [2.45, 2.75) is 30.0 Å². The van der Waals surface area contributed by atoms with E-state index in [9.17, 15) is 8.42 Å². The van der Waals surface area contributed by atoms with E-state index in [0.29, 0.717) is 23.3 Å². The van der Waals surface area contributed by atoms with Gasteiger partial charge in [-0.05, 0) is 42.4 Å². The second-order valence-electron chi connectivity index (χ2n) is 4.94. The molecular weight excluding hydrogens is 314 g/mol. The molecule has 1 unspecified atom stereocenters. The van der Waals surface area contributed by atoms with Crippen LogP contribution in [0.5, 0.6) is 0 Å². The molecule has 2 rings (SSSR count). The van der Waals surface area contributed by atoms with Gasteiger partial charge in [-0.15, -0.1) is 0 Å². The quantitative estimate of drug-likeness (QED) is 0.814. The Bertz CT molecular complexity index is 494. The summed E-state index contributed by atoms with van der Waals surface area (Å²) in [4.78, 5) is 0.343. The third kappa shape index (κ3) is 3.56. The molecule has 0 aliphatic heterocycles. The van der Waals surface area contributed by atoms with Gasteiger partial charge in [0.2, 0.25) is 10.0 Å². The minimum Gasteiger partial charge on any atom is -0.211 e. The van der Waals surface area contributed by atoms with Crippen LogP contribution in [0, 0.1) is 11.8 Å². The highest BCUT2D eigenvalue weighted by Crippen LogP contribution is 2.36. The molecule has 3 nitrogen and oxygen atoms in total. The fourth-order valence-electron chi connectivity index (χ4n) is 1.91. The number of sulfonamides is 1. The lowest BCUT2D eigenvalue weighted by Crippen LogP contribution is -2.29. The van der Waals surface area contributed by atoms with Crippen molar-refractivity contribution < 1.29 is 8.42 Å². The summed E-state index contributed by atoms with van der Waals surface area (Å²) in [5, 5.41) is 0.736. The van der Waals surface area contributed by atoms with Gasteiger partial charge in [-0.1, -0.05) is 35.0 Å². The molecule has 1 aromatic rings. The third-order valence-corrected chi connectivity index (χ3v) is 5.50. The van der Waals surface area contributed by atoms with Crippen molar-refractivity contribution in [2.75, 3.05) is 6.54 Å². The topological polar surface area (TPSA) is 46.2 Å². The second-order valence-corrected chi connectivity index (χ2v) is 7.27. The van der Waals surface area contributed by atoms with Crippen LogP contribution in [-0.2, 0) is 15.4 Å². The summed E-state index contributed by atoms with van der Waals surface area (Å²) in [6.07, 6.45) is 2.48. The second kappa shape index (κ2) is 5.72. The van der Waals surface area contributed by atoms with E-state index in [1.165, 1.54) is 12.8 Å². The van der Waals surface area contributed by atoms with Gasteiger partial charge in [0.15, 0.2) is 0 Å². The molecule has 1 fully saturated rings. The van der Waals surface area contributed by atoms with Crippen LogP contribution in [0.3, 0.4) is 0 Å². The monoisotopic (exact) mass is 331 g/mol. The molecule has 1 saturated carbocycles. The van der Waals surface area contributed by atoms with Crippen LogP contribution < -0.4 is 4.72 Å². The van der Waals surface area contributed by atoms with Crippen molar-refractivity contribution in [1.29, 1.82) is 0 Å². The number of rotatable bonds is 6. The van der Waals surface area contributed by atoms with Crippen molar-refractivity contribution in [2.24, 2.45) is 11.8 Å². The van der Waals surface area contributed by atoms with Gasteiger partial charge in [0, 0.05) is 11.9 Å². The van der Waals surface area contributed by atoms with E-state index in [1.54, 1.807) is 12.1 Å². The maximum absolute atomic E-state index is 12.1. The molecular formula is C13H18BrNO2S. The first kappa shape index (κ1) is 14.0. The SMILES string of the molecule is CC(CNS(=O)(=O)c1ccc(CBr)cc1)C1CC1. The van der Waals surface area contributed by atoms with Crippen LogP contribution in [-0.4, -0.2) is 15.0 Å². The normalized spacial score (nSPS) is 17.7. The Hall–Kier alpha value is -0.390. The van der Waals surface area contributed by atoms with Crippen LogP contribution in [0.2, 0.25) is 0 Å². The number of halogens is 1. The van der Waals surface area contributed by atoms with Gasteiger partial charge in [0.05, 0.1) is 4.90 Å². The van der Waals surface area contributed by atoms with Crippen molar-refractivity contribution in [3.63, 3.8) is 0 Å². The van der Waals surface area contributed by atoms with E-state index < -0.39 is 10.0 Å². The van der Waals surface area contributed by atoms with Crippen molar-refractivity contribution in [3.05, 3.63) is 29.8 Å². The van der Waals surface area contributed by atoms with Crippen molar-refractivity contribution in [3.8, 4) is 0 Å². The summed E-state index contributed by atoms with van der Waals surface area (Å²) in [7, 11) is -3.35. The van der Waals surface area contributed by atoms with Gasteiger partial charge in [-0.3, -0.25) is 0 Å². The Morgan fingerprint density at radius 3 is 2.44 bits per heavy atom. The Balaban J connectivity index is 1.99. The highest BCUT2D eigenvalue weighted by Gasteiger charge is 2.28. The molecule has 18 heavy (non-hydrogen) atoms. The maximum Gasteiger partial charge on any atom is 0.240 e. The molecule has 0 heterocycles. The first-order valence-electron chi connectivity index (χ1n) is 6.17. The van der Waals surface area contributed by atoms with Crippen LogP contribution >= 0.6 is 15.9 Å². The molecule has 0 bridgehead atoms. The van der Waals surface area contributed by atoms with E-state index in [0.717, 1.165) is 10.9 Å². The minimum atomic E-state index is -3.35. The first-order valence-corrected chi connectivity index (χ1v) is 8.78. The fourth-order valence-corrected chi connectivity index (χ4v) is 3.43. The van der Waals surface area contributed by atoms with Crippen LogP contribution in [0.1, 0.15) is 25.3 Å². The predicted molar refractivity (Wildman–Crippen MR) is 76.1 cm³/mol. The van der Waals surface area contributed by atoms with Crippen LogP contribution in [0.4, 0.5) is 0 Å². The largest absolute Gasteiger partial charge is 0.240 e. The summed E-state index contributed by atoms with van der Waals surface area (Å²) >= 11 is 3.34. The Morgan fingerprint density at radius 2 is 1.94 bits per heavy atom. The predicted octanol–water partition coefficient (Wildman–Crippen LogP) is 2.91.